The predicted molar refractivity (Wildman–Crippen MR) is 71.6 cm³/mol. The zero-order chi connectivity index (χ0) is 12.8. The fourth-order valence-electron chi connectivity index (χ4n) is 2.08. The van der Waals surface area contributed by atoms with Crippen molar-refractivity contribution in [3.63, 3.8) is 0 Å². The zero-order valence-electron chi connectivity index (χ0n) is 10.9. The molecule has 1 aromatic heterocycles. The van der Waals surface area contributed by atoms with Crippen molar-refractivity contribution in [2.45, 2.75) is 38.1 Å². The van der Waals surface area contributed by atoms with Crippen molar-refractivity contribution in [3.05, 3.63) is 17.8 Å². The maximum atomic E-state index is 5.69. The molecule has 5 nitrogen and oxygen atoms in total. The van der Waals surface area contributed by atoms with Gasteiger partial charge >= 0.3 is 0 Å². The minimum Gasteiger partial charge on any atom is -0.381 e. The Hall–Kier alpha value is -1.20. The first-order valence-electron chi connectivity index (χ1n) is 6.66. The number of nitrogens with two attached hydrogens (primary N) is 1. The molecule has 1 atom stereocenters. The summed E-state index contributed by atoms with van der Waals surface area (Å²) in [6.45, 7) is 4.51. The Balaban J connectivity index is 1.84. The molecule has 0 spiro atoms. The van der Waals surface area contributed by atoms with E-state index in [1.54, 1.807) is 0 Å². The van der Waals surface area contributed by atoms with Crippen molar-refractivity contribution in [1.29, 1.82) is 0 Å². The van der Waals surface area contributed by atoms with Gasteiger partial charge in [0.25, 0.3) is 0 Å². The zero-order valence-corrected chi connectivity index (χ0v) is 10.9. The van der Waals surface area contributed by atoms with Crippen LogP contribution in [-0.4, -0.2) is 36.0 Å². The number of nitrogens with zero attached hydrogens (tertiary/aromatic N) is 2. The molecule has 5 heteroatoms. The van der Waals surface area contributed by atoms with Crippen LogP contribution in [0.2, 0.25) is 0 Å². The van der Waals surface area contributed by atoms with Crippen LogP contribution in [0.5, 0.6) is 0 Å². The van der Waals surface area contributed by atoms with Crippen LogP contribution in [-0.2, 0) is 4.74 Å². The molecule has 0 radical (unpaired) electrons. The summed E-state index contributed by atoms with van der Waals surface area (Å²) in [5.74, 6) is 1.33. The number of hydrogen-bond acceptors (Lipinski definition) is 5. The molecule has 1 aliphatic rings. The number of nitrogens with one attached hydrogen (secondary N) is 1. The quantitative estimate of drug-likeness (QED) is 0.829. The molecule has 2 rings (SSSR count). The second-order valence-electron chi connectivity index (χ2n) is 4.92. The Kier molecular flexibility index (Phi) is 4.90. The molecule has 0 bridgehead atoms. The molecule has 1 unspecified atom stereocenters. The van der Waals surface area contributed by atoms with Gasteiger partial charge in [0.1, 0.15) is 5.82 Å². The van der Waals surface area contributed by atoms with Gasteiger partial charge < -0.3 is 15.8 Å². The van der Waals surface area contributed by atoms with E-state index in [-0.39, 0.29) is 6.04 Å². The van der Waals surface area contributed by atoms with Crippen LogP contribution in [0.15, 0.2) is 12.1 Å². The molecule has 18 heavy (non-hydrogen) atoms. The summed E-state index contributed by atoms with van der Waals surface area (Å²) in [7, 11) is 0. The van der Waals surface area contributed by atoms with Crippen LogP contribution in [0.4, 0.5) is 5.82 Å². The van der Waals surface area contributed by atoms with E-state index in [0.29, 0.717) is 5.92 Å². The molecule has 2 heterocycles. The first-order chi connectivity index (χ1) is 8.75. The third-order valence-electron chi connectivity index (χ3n) is 3.23. The number of rotatable bonds is 5. The standard InChI is InChI=1S/C13H22N4O/c1-10(14)4-7-15-13-3-2-12(16-17-13)11-5-8-18-9-6-11/h2-3,10-11H,4-9,14H2,1H3,(H,15,17). The second kappa shape index (κ2) is 6.66. The third kappa shape index (κ3) is 3.92. The summed E-state index contributed by atoms with van der Waals surface area (Å²) in [5.41, 5.74) is 6.77. The Morgan fingerprint density at radius 2 is 2.17 bits per heavy atom. The van der Waals surface area contributed by atoms with Gasteiger partial charge in [0.2, 0.25) is 0 Å². The van der Waals surface area contributed by atoms with Crippen LogP contribution in [0.25, 0.3) is 0 Å². The first-order valence-corrected chi connectivity index (χ1v) is 6.66. The van der Waals surface area contributed by atoms with E-state index in [2.05, 4.69) is 21.6 Å². The van der Waals surface area contributed by atoms with Crippen molar-refractivity contribution in [2.24, 2.45) is 5.73 Å². The monoisotopic (exact) mass is 250 g/mol. The van der Waals surface area contributed by atoms with Gasteiger partial charge in [-0.1, -0.05) is 0 Å². The number of ether oxygens (including phenoxy) is 1. The highest BCUT2D eigenvalue weighted by molar-refractivity contribution is 5.33. The van der Waals surface area contributed by atoms with E-state index in [9.17, 15) is 0 Å². The molecule has 0 saturated carbocycles. The van der Waals surface area contributed by atoms with Crippen LogP contribution in [0.1, 0.15) is 37.8 Å². The fourth-order valence-corrected chi connectivity index (χ4v) is 2.08. The van der Waals surface area contributed by atoms with E-state index < -0.39 is 0 Å². The van der Waals surface area contributed by atoms with Gasteiger partial charge in [-0.25, -0.2) is 0 Å². The van der Waals surface area contributed by atoms with Gasteiger partial charge in [0, 0.05) is 31.7 Å². The van der Waals surface area contributed by atoms with Gasteiger partial charge in [-0.05, 0) is 38.3 Å². The Bertz CT molecular complexity index is 347. The maximum Gasteiger partial charge on any atom is 0.148 e. The van der Waals surface area contributed by atoms with E-state index in [4.69, 9.17) is 10.5 Å². The van der Waals surface area contributed by atoms with Crippen LogP contribution >= 0.6 is 0 Å². The molecular formula is C13H22N4O. The molecule has 1 saturated heterocycles. The fraction of sp³-hybridized carbons (Fsp3) is 0.692. The molecule has 1 fully saturated rings. The highest BCUT2D eigenvalue weighted by Crippen LogP contribution is 2.24. The molecule has 0 aliphatic carbocycles. The average Bonchev–Trinajstić information content (AvgIpc) is 2.40. The van der Waals surface area contributed by atoms with Crippen molar-refractivity contribution in [1.82, 2.24) is 10.2 Å². The van der Waals surface area contributed by atoms with E-state index >= 15 is 0 Å². The number of hydrogen-bond donors (Lipinski definition) is 2. The molecule has 100 valence electrons. The molecule has 0 amide bonds. The van der Waals surface area contributed by atoms with Crippen molar-refractivity contribution in [3.8, 4) is 0 Å². The van der Waals surface area contributed by atoms with E-state index in [0.717, 1.165) is 50.5 Å². The lowest BCUT2D eigenvalue weighted by Crippen LogP contribution is -2.19. The summed E-state index contributed by atoms with van der Waals surface area (Å²) in [5, 5.41) is 11.7. The largest absolute Gasteiger partial charge is 0.381 e. The lowest BCUT2D eigenvalue weighted by atomic mass is 9.96. The van der Waals surface area contributed by atoms with Crippen molar-refractivity contribution >= 4 is 5.82 Å². The summed E-state index contributed by atoms with van der Waals surface area (Å²) < 4.78 is 5.35. The summed E-state index contributed by atoms with van der Waals surface area (Å²) in [4.78, 5) is 0. The topological polar surface area (TPSA) is 73.1 Å². The summed E-state index contributed by atoms with van der Waals surface area (Å²) >= 11 is 0. The molecular weight excluding hydrogens is 228 g/mol. The summed E-state index contributed by atoms with van der Waals surface area (Å²) in [6.07, 6.45) is 3.03. The highest BCUT2D eigenvalue weighted by atomic mass is 16.5. The third-order valence-corrected chi connectivity index (χ3v) is 3.23. The summed E-state index contributed by atoms with van der Waals surface area (Å²) in [6, 6.07) is 4.28. The molecule has 0 aromatic carbocycles. The number of aromatic nitrogens is 2. The number of anilines is 1. The molecule has 1 aliphatic heterocycles. The van der Waals surface area contributed by atoms with Crippen LogP contribution < -0.4 is 11.1 Å². The SMILES string of the molecule is CC(N)CCNc1ccc(C2CCOCC2)nn1. The second-order valence-corrected chi connectivity index (χ2v) is 4.92. The average molecular weight is 250 g/mol. The maximum absolute atomic E-state index is 5.69. The van der Waals surface area contributed by atoms with E-state index in [1.807, 2.05) is 13.0 Å². The molecule has 1 aromatic rings. The van der Waals surface area contributed by atoms with Gasteiger partial charge in [-0.2, -0.15) is 5.10 Å². The van der Waals surface area contributed by atoms with Gasteiger partial charge in [-0.15, -0.1) is 5.10 Å². The Morgan fingerprint density at radius 1 is 1.39 bits per heavy atom. The van der Waals surface area contributed by atoms with Crippen LogP contribution in [0, 0.1) is 0 Å². The molecule has 3 N–H and O–H groups in total. The highest BCUT2D eigenvalue weighted by Gasteiger charge is 2.17. The lowest BCUT2D eigenvalue weighted by Gasteiger charge is -2.21. The van der Waals surface area contributed by atoms with Crippen molar-refractivity contribution < 1.29 is 4.74 Å². The predicted octanol–water partition coefficient (Wildman–Crippen LogP) is 1.52. The Morgan fingerprint density at radius 3 is 2.78 bits per heavy atom. The van der Waals surface area contributed by atoms with Crippen molar-refractivity contribution in [2.75, 3.05) is 25.1 Å². The first kappa shape index (κ1) is 13.2. The van der Waals surface area contributed by atoms with Crippen LogP contribution in [0.3, 0.4) is 0 Å². The normalized spacial score (nSPS) is 18.6. The van der Waals surface area contributed by atoms with Gasteiger partial charge in [-0.3, -0.25) is 0 Å². The lowest BCUT2D eigenvalue weighted by molar-refractivity contribution is 0.0843. The van der Waals surface area contributed by atoms with Gasteiger partial charge in [0.05, 0.1) is 5.69 Å². The Labute approximate surface area is 108 Å². The minimum absolute atomic E-state index is 0.215. The van der Waals surface area contributed by atoms with Gasteiger partial charge in [0.15, 0.2) is 0 Å². The smallest absolute Gasteiger partial charge is 0.148 e. The van der Waals surface area contributed by atoms with E-state index in [1.165, 1.54) is 0 Å². The minimum atomic E-state index is 0.215.